The van der Waals surface area contributed by atoms with Crippen molar-refractivity contribution in [2.75, 3.05) is 26.3 Å². The zero-order chi connectivity index (χ0) is 13.2. The van der Waals surface area contributed by atoms with Crippen LogP contribution >= 0.6 is 0 Å². The van der Waals surface area contributed by atoms with Crippen LogP contribution in [0.3, 0.4) is 0 Å². The van der Waals surface area contributed by atoms with Crippen molar-refractivity contribution in [2.24, 2.45) is 0 Å². The highest BCUT2D eigenvalue weighted by Crippen LogP contribution is 2.21. The van der Waals surface area contributed by atoms with Crippen molar-refractivity contribution >= 4 is 6.03 Å². The number of hydrogen-bond acceptors (Lipinski definition) is 3. The van der Waals surface area contributed by atoms with Crippen LogP contribution in [0.15, 0.2) is 0 Å². The van der Waals surface area contributed by atoms with Gasteiger partial charge in [0, 0.05) is 13.2 Å². The Morgan fingerprint density at radius 1 is 1.50 bits per heavy atom. The first-order valence-corrected chi connectivity index (χ1v) is 6.85. The Morgan fingerprint density at radius 2 is 2.28 bits per heavy atom. The summed E-state index contributed by atoms with van der Waals surface area (Å²) in [6.45, 7) is 8.85. The largest absolute Gasteiger partial charge is 0.376 e. The minimum Gasteiger partial charge on any atom is -0.376 e. The third-order valence-electron chi connectivity index (χ3n) is 4.06. The number of carbonyl (C=O) groups is 1. The van der Waals surface area contributed by atoms with E-state index in [4.69, 9.17) is 9.47 Å². The maximum absolute atomic E-state index is 12.2. The molecule has 2 heterocycles. The van der Waals surface area contributed by atoms with Gasteiger partial charge < -0.3 is 19.7 Å². The highest BCUT2D eigenvalue weighted by Gasteiger charge is 2.34. The molecule has 0 spiro atoms. The van der Waals surface area contributed by atoms with Gasteiger partial charge in [0.1, 0.15) is 0 Å². The summed E-state index contributed by atoms with van der Waals surface area (Å²) in [5, 5.41) is 3.07. The van der Waals surface area contributed by atoms with Crippen LogP contribution in [0.4, 0.5) is 4.79 Å². The molecule has 0 bridgehead atoms. The van der Waals surface area contributed by atoms with E-state index in [0.29, 0.717) is 19.7 Å². The number of urea groups is 1. The normalized spacial score (nSPS) is 36.7. The number of carbonyl (C=O) groups excluding carboxylic acids is 1. The average Bonchev–Trinajstić information content (AvgIpc) is 2.75. The number of nitrogens with zero attached hydrogens (tertiary/aromatic N) is 1. The van der Waals surface area contributed by atoms with Gasteiger partial charge in [-0.05, 0) is 26.7 Å². The molecule has 0 radical (unpaired) electrons. The second-order valence-electron chi connectivity index (χ2n) is 5.49. The van der Waals surface area contributed by atoms with Crippen molar-refractivity contribution < 1.29 is 14.3 Å². The van der Waals surface area contributed by atoms with Gasteiger partial charge in [-0.15, -0.1) is 0 Å². The zero-order valence-corrected chi connectivity index (χ0v) is 11.6. The maximum Gasteiger partial charge on any atom is 0.317 e. The molecular formula is C13H24N2O3. The molecule has 5 nitrogen and oxygen atoms in total. The van der Waals surface area contributed by atoms with Gasteiger partial charge in [-0.3, -0.25) is 0 Å². The fourth-order valence-corrected chi connectivity index (χ4v) is 2.49. The average molecular weight is 256 g/mol. The van der Waals surface area contributed by atoms with E-state index in [1.165, 1.54) is 0 Å². The highest BCUT2D eigenvalue weighted by atomic mass is 16.5. The van der Waals surface area contributed by atoms with Gasteiger partial charge in [0.05, 0.1) is 30.9 Å². The topological polar surface area (TPSA) is 50.8 Å². The number of nitrogens with one attached hydrogen (secondary N) is 1. The molecule has 2 amide bonds. The van der Waals surface area contributed by atoms with Crippen LogP contribution in [0, 0.1) is 0 Å². The lowest BCUT2D eigenvalue weighted by Crippen LogP contribution is -2.56. The molecule has 2 aliphatic heterocycles. The monoisotopic (exact) mass is 256 g/mol. The van der Waals surface area contributed by atoms with Crippen LogP contribution in [-0.4, -0.2) is 55.0 Å². The van der Waals surface area contributed by atoms with Crippen molar-refractivity contribution in [3.63, 3.8) is 0 Å². The van der Waals surface area contributed by atoms with Gasteiger partial charge in [-0.1, -0.05) is 6.92 Å². The van der Waals surface area contributed by atoms with E-state index in [1.807, 2.05) is 11.8 Å². The van der Waals surface area contributed by atoms with E-state index in [-0.39, 0.29) is 23.8 Å². The fraction of sp³-hybridized carbons (Fsp3) is 0.923. The van der Waals surface area contributed by atoms with Crippen LogP contribution in [0.1, 0.15) is 33.6 Å². The van der Waals surface area contributed by atoms with E-state index in [1.54, 1.807) is 0 Å². The van der Waals surface area contributed by atoms with Gasteiger partial charge in [-0.2, -0.15) is 0 Å². The van der Waals surface area contributed by atoms with Crippen molar-refractivity contribution in [3.05, 3.63) is 0 Å². The van der Waals surface area contributed by atoms with E-state index in [2.05, 4.69) is 19.2 Å². The lowest BCUT2D eigenvalue weighted by Gasteiger charge is -2.40. The first-order valence-electron chi connectivity index (χ1n) is 6.85. The van der Waals surface area contributed by atoms with E-state index >= 15 is 0 Å². The second kappa shape index (κ2) is 5.45. The van der Waals surface area contributed by atoms with Crippen LogP contribution < -0.4 is 5.32 Å². The molecule has 1 N–H and O–H groups in total. The van der Waals surface area contributed by atoms with Crippen LogP contribution in [-0.2, 0) is 9.47 Å². The summed E-state index contributed by atoms with van der Waals surface area (Å²) < 4.78 is 11.2. The lowest BCUT2D eigenvalue weighted by molar-refractivity contribution is -0.0875. The number of amides is 2. The molecule has 0 aliphatic carbocycles. The quantitative estimate of drug-likeness (QED) is 0.812. The smallest absolute Gasteiger partial charge is 0.317 e. The highest BCUT2D eigenvalue weighted by molar-refractivity contribution is 5.74. The Balaban J connectivity index is 1.88. The van der Waals surface area contributed by atoms with Gasteiger partial charge in [0.15, 0.2) is 0 Å². The molecule has 0 unspecified atom stereocenters. The Kier molecular flexibility index (Phi) is 4.12. The molecule has 0 aromatic carbocycles. The van der Waals surface area contributed by atoms with E-state index < -0.39 is 0 Å². The van der Waals surface area contributed by atoms with Crippen LogP contribution in [0.2, 0.25) is 0 Å². The second-order valence-corrected chi connectivity index (χ2v) is 5.49. The Morgan fingerprint density at radius 3 is 2.89 bits per heavy atom. The maximum atomic E-state index is 12.2. The number of hydrogen-bond donors (Lipinski definition) is 1. The predicted octanol–water partition coefficient (Wildman–Crippen LogP) is 1.37. The Bertz CT molecular complexity index is 311. The zero-order valence-electron chi connectivity index (χ0n) is 11.6. The predicted molar refractivity (Wildman–Crippen MR) is 68.6 cm³/mol. The number of rotatable bonds is 2. The first-order chi connectivity index (χ1) is 8.54. The summed E-state index contributed by atoms with van der Waals surface area (Å²) in [6, 6.07) is 0.161. The molecule has 3 atom stereocenters. The minimum atomic E-state index is -0.201. The third kappa shape index (κ3) is 2.95. The summed E-state index contributed by atoms with van der Waals surface area (Å²) in [5.41, 5.74) is -0.201. The molecule has 2 fully saturated rings. The van der Waals surface area contributed by atoms with Gasteiger partial charge in [0.2, 0.25) is 0 Å². The lowest BCUT2D eigenvalue weighted by atomic mass is 10.0. The third-order valence-corrected chi connectivity index (χ3v) is 4.06. The van der Waals surface area contributed by atoms with Crippen molar-refractivity contribution in [2.45, 2.75) is 51.4 Å². The first kappa shape index (κ1) is 13.6. The molecule has 18 heavy (non-hydrogen) atoms. The summed E-state index contributed by atoms with van der Waals surface area (Å²) in [7, 11) is 0. The van der Waals surface area contributed by atoms with Crippen LogP contribution in [0.25, 0.3) is 0 Å². The molecule has 2 saturated heterocycles. The molecule has 0 aromatic heterocycles. The van der Waals surface area contributed by atoms with Gasteiger partial charge in [0.25, 0.3) is 0 Å². The fourth-order valence-electron chi connectivity index (χ4n) is 2.49. The van der Waals surface area contributed by atoms with E-state index in [0.717, 1.165) is 19.4 Å². The van der Waals surface area contributed by atoms with Crippen molar-refractivity contribution in [1.29, 1.82) is 0 Å². The van der Waals surface area contributed by atoms with E-state index in [9.17, 15) is 4.79 Å². The molecule has 2 rings (SSSR count). The summed E-state index contributed by atoms with van der Waals surface area (Å²) >= 11 is 0. The molecular weight excluding hydrogens is 232 g/mol. The summed E-state index contributed by atoms with van der Waals surface area (Å²) in [6.07, 6.45) is 1.94. The molecule has 5 heteroatoms. The molecule has 104 valence electrons. The molecule has 0 aromatic rings. The van der Waals surface area contributed by atoms with Crippen molar-refractivity contribution in [1.82, 2.24) is 10.2 Å². The van der Waals surface area contributed by atoms with Gasteiger partial charge in [-0.25, -0.2) is 4.79 Å². The number of morpholine rings is 1. The minimum absolute atomic E-state index is 0.0142. The van der Waals surface area contributed by atoms with Crippen molar-refractivity contribution in [3.8, 4) is 0 Å². The molecule has 0 saturated carbocycles. The Labute approximate surface area is 109 Å². The van der Waals surface area contributed by atoms with Crippen LogP contribution in [0.5, 0.6) is 0 Å². The summed E-state index contributed by atoms with van der Waals surface area (Å²) in [4.78, 5) is 14.1. The number of ether oxygens (including phenoxy) is 2. The summed E-state index contributed by atoms with van der Waals surface area (Å²) in [5.74, 6) is 0. The standard InChI is InChI=1S/C13H24N2O3/c1-4-13(3)9-15(6-8-18-13)12(16)14-11-5-7-17-10(11)2/h10-11H,4-9H2,1-3H3,(H,14,16)/t10-,11-,13+/m0/s1. The molecule has 2 aliphatic rings. The Hall–Kier alpha value is -0.810. The van der Waals surface area contributed by atoms with Gasteiger partial charge >= 0.3 is 6.03 Å². The SMILES string of the molecule is CC[C@]1(C)CN(C(=O)N[C@H]2CCO[C@H]2C)CCO1.